The summed E-state index contributed by atoms with van der Waals surface area (Å²) in [6.07, 6.45) is 1.76. The lowest BCUT2D eigenvalue weighted by atomic mass is 10.1. The van der Waals surface area contributed by atoms with Gasteiger partial charge in [-0.3, -0.25) is 10.00 Å². The van der Waals surface area contributed by atoms with Crippen LogP contribution in [-0.4, -0.2) is 22.9 Å². The van der Waals surface area contributed by atoms with Crippen molar-refractivity contribution in [2.75, 3.05) is 7.11 Å². The molecule has 118 valence electrons. The van der Waals surface area contributed by atoms with E-state index in [4.69, 9.17) is 27.9 Å². The highest BCUT2D eigenvalue weighted by atomic mass is 35.5. The highest BCUT2D eigenvalue weighted by molar-refractivity contribution is 6.42. The molecule has 1 atom stereocenters. The lowest BCUT2D eigenvalue weighted by Gasteiger charge is -2.18. The van der Waals surface area contributed by atoms with Gasteiger partial charge in [0.15, 0.2) is 0 Å². The molecule has 1 aromatic heterocycles. The van der Waals surface area contributed by atoms with Crippen LogP contribution < -0.4 is 5.32 Å². The lowest BCUT2D eigenvalue weighted by molar-refractivity contribution is -0.143. The number of nitrogens with zero attached hydrogens (tertiary/aromatic N) is 2. The molecule has 0 aliphatic carbocycles. The van der Waals surface area contributed by atoms with Crippen LogP contribution in [0.4, 0.5) is 0 Å². The van der Waals surface area contributed by atoms with Crippen molar-refractivity contribution in [2.24, 2.45) is 7.05 Å². The Morgan fingerprint density at radius 1 is 1.45 bits per heavy atom. The van der Waals surface area contributed by atoms with Gasteiger partial charge < -0.3 is 4.74 Å². The fourth-order valence-electron chi connectivity index (χ4n) is 2.11. The van der Waals surface area contributed by atoms with Gasteiger partial charge in [0.1, 0.15) is 6.04 Å². The molecule has 0 amide bonds. The number of hydrogen-bond acceptors (Lipinski definition) is 4. The predicted molar refractivity (Wildman–Crippen MR) is 86.0 cm³/mol. The number of carbonyl (C=O) groups is 1. The number of aryl methyl sites for hydroxylation is 1. The number of ether oxygens (including phenoxy) is 1. The molecule has 1 heterocycles. The van der Waals surface area contributed by atoms with E-state index in [2.05, 4.69) is 10.4 Å². The first-order chi connectivity index (χ1) is 10.5. The van der Waals surface area contributed by atoms with Gasteiger partial charge in [-0.25, -0.2) is 4.79 Å². The molecule has 22 heavy (non-hydrogen) atoms. The van der Waals surface area contributed by atoms with Crippen molar-refractivity contribution in [1.29, 1.82) is 0 Å². The lowest BCUT2D eigenvalue weighted by Crippen LogP contribution is -2.29. The average Bonchev–Trinajstić information content (AvgIpc) is 2.83. The first-order valence-corrected chi connectivity index (χ1v) is 7.44. The Hall–Kier alpha value is -1.56. The Morgan fingerprint density at radius 3 is 2.77 bits per heavy atom. The number of hydrogen-bond donors (Lipinski definition) is 1. The second kappa shape index (κ2) is 7.13. The van der Waals surface area contributed by atoms with Crippen LogP contribution in [0.2, 0.25) is 10.0 Å². The third-order valence-corrected chi connectivity index (χ3v) is 4.40. The molecule has 0 aliphatic rings. The second-order valence-electron chi connectivity index (χ2n) is 4.86. The van der Waals surface area contributed by atoms with Crippen LogP contribution in [0.25, 0.3) is 0 Å². The Kier molecular flexibility index (Phi) is 5.45. The number of carbonyl (C=O) groups excluding carboxylic acids is 1. The molecule has 5 nitrogen and oxygen atoms in total. The standard InChI is InChI=1S/C15H17Cl2N3O2/c1-9-10(8-19-20(9)2)7-18-14(15(21)22-3)11-5-4-6-12(16)13(11)17/h4-6,8,14,18H,7H2,1-3H3/t14-/m0/s1. The van der Waals surface area contributed by atoms with Gasteiger partial charge in [0.25, 0.3) is 0 Å². The van der Waals surface area contributed by atoms with Gasteiger partial charge in [-0.15, -0.1) is 0 Å². The van der Waals surface area contributed by atoms with Gasteiger partial charge in [0.2, 0.25) is 0 Å². The summed E-state index contributed by atoms with van der Waals surface area (Å²) >= 11 is 12.2. The number of esters is 1. The first-order valence-electron chi connectivity index (χ1n) is 6.68. The largest absolute Gasteiger partial charge is 0.468 e. The minimum Gasteiger partial charge on any atom is -0.468 e. The SMILES string of the molecule is COC(=O)[C@@H](NCc1cnn(C)c1C)c1cccc(Cl)c1Cl. The van der Waals surface area contributed by atoms with E-state index in [9.17, 15) is 4.79 Å². The summed E-state index contributed by atoms with van der Waals surface area (Å²) in [6, 6.07) is 4.47. The van der Waals surface area contributed by atoms with Crippen molar-refractivity contribution < 1.29 is 9.53 Å². The van der Waals surface area contributed by atoms with Crippen LogP contribution in [0, 0.1) is 6.92 Å². The summed E-state index contributed by atoms with van der Waals surface area (Å²) in [6.45, 7) is 2.42. The summed E-state index contributed by atoms with van der Waals surface area (Å²) in [7, 11) is 3.20. The molecule has 1 aromatic carbocycles. The molecule has 0 saturated carbocycles. The van der Waals surface area contributed by atoms with Crippen LogP contribution in [-0.2, 0) is 23.1 Å². The maximum atomic E-state index is 12.1. The van der Waals surface area contributed by atoms with Crippen LogP contribution in [0.5, 0.6) is 0 Å². The summed E-state index contributed by atoms with van der Waals surface area (Å²) in [5.41, 5.74) is 2.60. The third-order valence-electron chi connectivity index (χ3n) is 3.56. The maximum Gasteiger partial charge on any atom is 0.327 e. The topological polar surface area (TPSA) is 56.1 Å². The molecular formula is C15H17Cl2N3O2. The summed E-state index contributed by atoms with van der Waals surface area (Å²) in [4.78, 5) is 12.1. The monoisotopic (exact) mass is 341 g/mol. The fourth-order valence-corrected chi connectivity index (χ4v) is 2.53. The zero-order valence-electron chi connectivity index (χ0n) is 12.6. The summed E-state index contributed by atoms with van der Waals surface area (Å²) < 4.78 is 6.64. The first kappa shape index (κ1) is 16.8. The van der Waals surface area contributed by atoms with Crippen molar-refractivity contribution >= 4 is 29.2 Å². The van der Waals surface area contributed by atoms with Crippen LogP contribution in [0.1, 0.15) is 22.9 Å². The van der Waals surface area contributed by atoms with E-state index in [0.717, 1.165) is 11.3 Å². The van der Waals surface area contributed by atoms with Crippen LogP contribution >= 0.6 is 23.2 Å². The Bertz CT molecular complexity index is 685. The Labute approximate surface area is 139 Å². The molecule has 0 radical (unpaired) electrons. The molecular weight excluding hydrogens is 325 g/mol. The fraction of sp³-hybridized carbons (Fsp3) is 0.333. The zero-order chi connectivity index (χ0) is 16.3. The van der Waals surface area contributed by atoms with Crippen molar-refractivity contribution in [3.63, 3.8) is 0 Å². The van der Waals surface area contributed by atoms with E-state index in [0.29, 0.717) is 22.2 Å². The molecule has 1 N–H and O–H groups in total. The van der Waals surface area contributed by atoms with E-state index in [1.165, 1.54) is 7.11 Å². The maximum absolute atomic E-state index is 12.1. The van der Waals surface area contributed by atoms with E-state index < -0.39 is 12.0 Å². The smallest absolute Gasteiger partial charge is 0.327 e. The molecule has 0 unspecified atom stereocenters. The Morgan fingerprint density at radius 2 is 2.18 bits per heavy atom. The van der Waals surface area contributed by atoms with Gasteiger partial charge >= 0.3 is 5.97 Å². The Balaban J connectivity index is 2.25. The third kappa shape index (κ3) is 3.43. The molecule has 0 saturated heterocycles. The molecule has 0 aliphatic heterocycles. The zero-order valence-corrected chi connectivity index (χ0v) is 14.1. The minimum absolute atomic E-state index is 0.343. The molecule has 7 heteroatoms. The van der Waals surface area contributed by atoms with Gasteiger partial charge in [-0.1, -0.05) is 35.3 Å². The van der Waals surface area contributed by atoms with Gasteiger partial charge in [0.05, 0.1) is 23.4 Å². The van der Waals surface area contributed by atoms with Gasteiger partial charge in [-0.05, 0) is 13.0 Å². The number of rotatable bonds is 5. The molecule has 0 bridgehead atoms. The number of methoxy groups -OCH3 is 1. The average molecular weight is 342 g/mol. The van der Waals surface area contributed by atoms with E-state index in [-0.39, 0.29) is 0 Å². The van der Waals surface area contributed by atoms with Crippen molar-refractivity contribution in [3.05, 3.63) is 51.3 Å². The second-order valence-corrected chi connectivity index (χ2v) is 5.64. The van der Waals surface area contributed by atoms with Crippen molar-refractivity contribution in [2.45, 2.75) is 19.5 Å². The van der Waals surface area contributed by atoms with Crippen LogP contribution in [0.15, 0.2) is 24.4 Å². The highest BCUT2D eigenvalue weighted by Crippen LogP contribution is 2.30. The molecule has 2 aromatic rings. The molecule has 0 fully saturated rings. The molecule has 0 spiro atoms. The number of aromatic nitrogens is 2. The highest BCUT2D eigenvalue weighted by Gasteiger charge is 2.24. The minimum atomic E-state index is -0.698. The van der Waals surface area contributed by atoms with E-state index >= 15 is 0 Å². The normalized spacial score (nSPS) is 12.2. The predicted octanol–water partition coefficient (Wildman–Crippen LogP) is 3.04. The summed E-state index contributed by atoms with van der Waals surface area (Å²) in [5.74, 6) is -0.425. The van der Waals surface area contributed by atoms with Crippen molar-refractivity contribution in [3.8, 4) is 0 Å². The van der Waals surface area contributed by atoms with E-state index in [1.54, 1.807) is 29.1 Å². The number of halogens is 2. The summed E-state index contributed by atoms with van der Waals surface area (Å²) in [5, 5.41) is 8.07. The quantitative estimate of drug-likeness (QED) is 0.849. The van der Waals surface area contributed by atoms with Crippen molar-refractivity contribution in [1.82, 2.24) is 15.1 Å². The number of benzene rings is 1. The molecule has 2 rings (SSSR count). The number of nitrogens with one attached hydrogen (secondary N) is 1. The van der Waals surface area contributed by atoms with E-state index in [1.807, 2.05) is 14.0 Å². The van der Waals surface area contributed by atoms with Crippen LogP contribution in [0.3, 0.4) is 0 Å². The van der Waals surface area contributed by atoms with Gasteiger partial charge in [0, 0.05) is 30.4 Å². The van der Waals surface area contributed by atoms with Gasteiger partial charge in [-0.2, -0.15) is 5.10 Å².